The van der Waals surface area contributed by atoms with E-state index >= 15 is 0 Å². The Morgan fingerprint density at radius 2 is 1.84 bits per heavy atom. The molecule has 0 aliphatic heterocycles. The van der Waals surface area contributed by atoms with Crippen LogP contribution in [0.5, 0.6) is 0 Å². The highest BCUT2D eigenvalue weighted by Crippen LogP contribution is 2.36. The highest BCUT2D eigenvalue weighted by molar-refractivity contribution is 4.92. The van der Waals surface area contributed by atoms with E-state index in [1.165, 1.54) is 51.7 Å². The Labute approximate surface area is 120 Å². The van der Waals surface area contributed by atoms with Crippen LogP contribution in [0, 0.1) is 17.8 Å². The molecule has 4 atom stereocenters. The second-order valence-corrected chi connectivity index (χ2v) is 7.10. The van der Waals surface area contributed by atoms with Gasteiger partial charge in [0.05, 0.1) is 0 Å². The van der Waals surface area contributed by atoms with Crippen LogP contribution in [0.1, 0.15) is 59.8 Å². The van der Waals surface area contributed by atoms with E-state index in [9.17, 15) is 0 Å². The van der Waals surface area contributed by atoms with Gasteiger partial charge in [0.1, 0.15) is 0 Å². The van der Waals surface area contributed by atoms with E-state index in [2.05, 4.69) is 37.9 Å². The zero-order chi connectivity index (χ0) is 13.8. The van der Waals surface area contributed by atoms with Crippen molar-refractivity contribution in [3.05, 3.63) is 0 Å². The van der Waals surface area contributed by atoms with Gasteiger partial charge >= 0.3 is 0 Å². The number of nitrogens with one attached hydrogen (secondary N) is 1. The van der Waals surface area contributed by atoms with Crippen molar-refractivity contribution in [3.8, 4) is 0 Å². The summed E-state index contributed by atoms with van der Waals surface area (Å²) in [6.45, 7) is 13.3. The van der Waals surface area contributed by atoms with Gasteiger partial charge in [0, 0.05) is 18.6 Å². The van der Waals surface area contributed by atoms with Crippen LogP contribution in [0.4, 0.5) is 0 Å². The molecule has 2 aliphatic rings. The van der Waals surface area contributed by atoms with Gasteiger partial charge in [-0.3, -0.25) is 0 Å². The Morgan fingerprint density at radius 1 is 1.11 bits per heavy atom. The zero-order valence-corrected chi connectivity index (χ0v) is 13.5. The summed E-state index contributed by atoms with van der Waals surface area (Å²) in [5.74, 6) is 2.64. The van der Waals surface area contributed by atoms with Crippen LogP contribution in [-0.2, 0) is 0 Å². The second kappa shape index (κ2) is 7.08. The van der Waals surface area contributed by atoms with Gasteiger partial charge in [0.25, 0.3) is 0 Å². The summed E-state index contributed by atoms with van der Waals surface area (Å²) < 4.78 is 0. The number of hydrogen-bond acceptors (Lipinski definition) is 2. The van der Waals surface area contributed by atoms with Gasteiger partial charge in [-0.05, 0) is 62.9 Å². The van der Waals surface area contributed by atoms with E-state index in [-0.39, 0.29) is 0 Å². The van der Waals surface area contributed by atoms with Crippen molar-refractivity contribution in [2.24, 2.45) is 17.8 Å². The molecule has 0 aromatic carbocycles. The van der Waals surface area contributed by atoms with E-state index in [0.717, 1.165) is 29.8 Å². The minimum absolute atomic E-state index is 0.756. The van der Waals surface area contributed by atoms with Crippen molar-refractivity contribution in [3.63, 3.8) is 0 Å². The predicted molar refractivity (Wildman–Crippen MR) is 83.4 cm³/mol. The molecule has 4 unspecified atom stereocenters. The molecular formula is C17H34N2. The molecule has 0 radical (unpaired) electrons. The molecule has 2 heteroatoms. The Morgan fingerprint density at radius 3 is 2.42 bits per heavy atom. The maximum absolute atomic E-state index is 3.84. The van der Waals surface area contributed by atoms with Crippen molar-refractivity contribution < 1.29 is 0 Å². The fourth-order valence-corrected chi connectivity index (χ4v) is 4.03. The first-order chi connectivity index (χ1) is 9.15. The van der Waals surface area contributed by atoms with E-state index < -0.39 is 0 Å². The lowest BCUT2D eigenvalue weighted by Gasteiger charge is -2.42. The van der Waals surface area contributed by atoms with Crippen LogP contribution in [0.3, 0.4) is 0 Å². The number of hydrogen-bond donors (Lipinski definition) is 1. The van der Waals surface area contributed by atoms with Crippen molar-refractivity contribution in [1.82, 2.24) is 10.2 Å². The topological polar surface area (TPSA) is 15.3 Å². The fraction of sp³-hybridized carbons (Fsp3) is 1.00. The molecule has 0 saturated heterocycles. The Kier molecular flexibility index (Phi) is 5.70. The molecule has 2 fully saturated rings. The van der Waals surface area contributed by atoms with Crippen LogP contribution in [0.2, 0.25) is 0 Å². The van der Waals surface area contributed by atoms with Gasteiger partial charge in [-0.25, -0.2) is 0 Å². The molecule has 0 aromatic rings. The second-order valence-electron chi connectivity index (χ2n) is 7.10. The highest BCUT2D eigenvalue weighted by Gasteiger charge is 2.37. The van der Waals surface area contributed by atoms with Crippen molar-refractivity contribution >= 4 is 0 Å². The van der Waals surface area contributed by atoms with E-state index in [0.29, 0.717) is 0 Å². The van der Waals surface area contributed by atoms with Crippen LogP contribution in [0.15, 0.2) is 0 Å². The van der Waals surface area contributed by atoms with Crippen LogP contribution >= 0.6 is 0 Å². The molecule has 2 rings (SSSR count). The number of rotatable bonds is 7. The SMILES string of the molecule is CCCNC1CC(C)CC(C)C1CN(CC)C1CC1. The lowest BCUT2D eigenvalue weighted by molar-refractivity contribution is 0.0998. The van der Waals surface area contributed by atoms with Gasteiger partial charge in [-0.2, -0.15) is 0 Å². The standard InChI is InChI=1S/C17H34N2/c1-5-9-18-17-11-13(3)10-14(4)16(17)12-19(6-2)15-7-8-15/h13-18H,5-12H2,1-4H3. The lowest BCUT2D eigenvalue weighted by Crippen LogP contribution is -2.49. The maximum Gasteiger partial charge on any atom is 0.0113 e. The van der Waals surface area contributed by atoms with Gasteiger partial charge in [0.2, 0.25) is 0 Å². The van der Waals surface area contributed by atoms with Crippen molar-refractivity contribution in [2.45, 2.75) is 71.9 Å². The summed E-state index contributed by atoms with van der Waals surface area (Å²) in [5.41, 5.74) is 0. The molecule has 0 aromatic heterocycles. The molecule has 0 bridgehead atoms. The number of nitrogens with zero attached hydrogens (tertiary/aromatic N) is 1. The quantitative estimate of drug-likeness (QED) is 0.758. The van der Waals surface area contributed by atoms with E-state index in [1.54, 1.807) is 0 Å². The highest BCUT2D eigenvalue weighted by atomic mass is 15.2. The lowest BCUT2D eigenvalue weighted by atomic mass is 9.72. The summed E-state index contributed by atoms with van der Waals surface area (Å²) in [6, 6.07) is 1.68. The van der Waals surface area contributed by atoms with Crippen LogP contribution in [0.25, 0.3) is 0 Å². The summed E-state index contributed by atoms with van der Waals surface area (Å²) >= 11 is 0. The normalized spacial score (nSPS) is 35.8. The average Bonchev–Trinajstić information content (AvgIpc) is 3.19. The van der Waals surface area contributed by atoms with Crippen molar-refractivity contribution in [1.29, 1.82) is 0 Å². The third-order valence-corrected chi connectivity index (χ3v) is 5.25. The molecule has 2 saturated carbocycles. The predicted octanol–water partition coefficient (Wildman–Crippen LogP) is 3.52. The van der Waals surface area contributed by atoms with E-state index in [1.807, 2.05) is 0 Å². The van der Waals surface area contributed by atoms with Gasteiger partial charge in [-0.15, -0.1) is 0 Å². The molecule has 19 heavy (non-hydrogen) atoms. The largest absolute Gasteiger partial charge is 0.314 e. The third kappa shape index (κ3) is 4.19. The molecule has 0 heterocycles. The molecule has 112 valence electrons. The Bertz CT molecular complexity index is 262. The molecule has 0 spiro atoms. The summed E-state index contributed by atoms with van der Waals surface area (Å²) in [6.07, 6.45) is 6.96. The van der Waals surface area contributed by atoms with Gasteiger partial charge in [-0.1, -0.05) is 27.7 Å². The minimum atomic E-state index is 0.756. The Balaban J connectivity index is 1.95. The first kappa shape index (κ1) is 15.3. The van der Waals surface area contributed by atoms with Crippen molar-refractivity contribution in [2.75, 3.05) is 19.6 Å². The van der Waals surface area contributed by atoms with Crippen LogP contribution in [-0.4, -0.2) is 36.6 Å². The van der Waals surface area contributed by atoms with Gasteiger partial charge in [0.15, 0.2) is 0 Å². The maximum atomic E-state index is 3.84. The third-order valence-electron chi connectivity index (χ3n) is 5.25. The average molecular weight is 266 g/mol. The zero-order valence-electron chi connectivity index (χ0n) is 13.5. The first-order valence-electron chi connectivity index (χ1n) is 8.63. The van der Waals surface area contributed by atoms with Gasteiger partial charge < -0.3 is 10.2 Å². The van der Waals surface area contributed by atoms with E-state index in [4.69, 9.17) is 0 Å². The molecule has 0 amide bonds. The smallest absolute Gasteiger partial charge is 0.0113 e. The fourth-order valence-electron chi connectivity index (χ4n) is 4.03. The summed E-state index contributed by atoms with van der Waals surface area (Å²) in [4.78, 5) is 2.75. The molecule has 1 N–H and O–H groups in total. The monoisotopic (exact) mass is 266 g/mol. The van der Waals surface area contributed by atoms with Crippen LogP contribution < -0.4 is 5.32 Å². The molecule has 2 nitrogen and oxygen atoms in total. The Hall–Kier alpha value is -0.0800. The summed E-state index contributed by atoms with van der Waals surface area (Å²) in [5, 5.41) is 3.84. The molecule has 2 aliphatic carbocycles. The molecular weight excluding hydrogens is 232 g/mol. The first-order valence-corrected chi connectivity index (χ1v) is 8.63. The minimum Gasteiger partial charge on any atom is -0.314 e. The summed E-state index contributed by atoms with van der Waals surface area (Å²) in [7, 11) is 0.